The Kier molecular flexibility index (Phi) is 4.59. The van der Waals surface area contributed by atoms with E-state index in [2.05, 4.69) is 31.4 Å². The van der Waals surface area contributed by atoms with Gasteiger partial charge in [-0.1, -0.05) is 26.0 Å². The molecular formula is C12H20N2O. The van der Waals surface area contributed by atoms with Gasteiger partial charge in [0.2, 0.25) is 0 Å². The van der Waals surface area contributed by atoms with Crippen molar-refractivity contribution in [2.24, 2.45) is 5.84 Å². The smallest absolute Gasteiger partial charge is 0.120 e. The van der Waals surface area contributed by atoms with Crippen LogP contribution in [0.25, 0.3) is 0 Å². The van der Waals surface area contributed by atoms with Crippen molar-refractivity contribution in [3.63, 3.8) is 0 Å². The van der Waals surface area contributed by atoms with Crippen molar-refractivity contribution in [2.45, 2.75) is 32.8 Å². The fraction of sp³-hybridized carbons (Fsp3) is 0.500. The number of rotatable bonds is 5. The van der Waals surface area contributed by atoms with E-state index in [0.29, 0.717) is 12.5 Å². The molecule has 84 valence electrons. The third-order valence-electron chi connectivity index (χ3n) is 2.27. The average Bonchev–Trinajstić information content (AvgIpc) is 2.18. The van der Waals surface area contributed by atoms with Crippen LogP contribution in [0.2, 0.25) is 0 Å². The van der Waals surface area contributed by atoms with E-state index in [1.807, 2.05) is 19.1 Å². The highest BCUT2D eigenvalue weighted by molar-refractivity contribution is 5.30. The number of hydrogen-bond acceptors (Lipinski definition) is 3. The standard InChI is InChI=1S/C12H20N2O/c1-9(2)11-5-4-6-12(7-11)15-10(3)8-14-13/h4-7,9-10,14H,8,13H2,1-3H3. The molecule has 1 aromatic rings. The van der Waals surface area contributed by atoms with Crippen LogP contribution in [0.4, 0.5) is 0 Å². The lowest BCUT2D eigenvalue weighted by atomic mass is 10.0. The van der Waals surface area contributed by atoms with Gasteiger partial charge < -0.3 is 4.74 Å². The highest BCUT2D eigenvalue weighted by Gasteiger charge is 2.04. The zero-order valence-electron chi connectivity index (χ0n) is 9.66. The van der Waals surface area contributed by atoms with Crippen molar-refractivity contribution in [3.05, 3.63) is 29.8 Å². The first-order chi connectivity index (χ1) is 7.13. The van der Waals surface area contributed by atoms with E-state index < -0.39 is 0 Å². The van der Waals surface area contributed by atoms with E-state index in [1.54, 1.807) is 0 Å². The molecule has 0 aliphatic carbocycles. The molecule has 3 heteroatoms. The van der Waals surface area contributed by atoms with Gasteiger partial charge in [0.25, 0.3) is 0 Å². The Labute approximate surface area is 91.6 Å². The minimum atomic E-state index is 0.0809. The van der Waals surface area contributed by atoms with E-state index in [-0.39, 0.29) is 6.10 Å². The lowest BCUT2D eigenvalue weighted by Crippen LogP contribution is -2.33. The molecule has 1 unspecified atom stereocenters. The summed E-state index contributed by atoms with van der Waals surface area (Å²) in [4.78, 5) is 0. The second kappa shape index (κ2) is 5.73. The second-order valence-electron chi connectivity index (χ2n) is 4.06. The second-order valence-corrected chi connectivity index (χ2v) is 4.06. The molecule has 0 fully saturated rings. The van der Waals surface area contributed by atoms with Crippen LogP contribution in [-0.4, -0.2) is 12.6 Å². The summed E-state index contributed by atoms with van der Waals surface area (Å²) in [5.74, 6) is 6.66. The molecule has 3 nitrogen and oxygen atoms in total. The third kappa shape index (κ3) is 3.90. The minimum absolute atomic E-state index is 0.0809. The highest BCUT2D eigenvalue weighted by Crippen LogP contribution is 2.20. The summed E-state index contributed by atoms with van der Waals surface area (Å²) in [5.41, 5.74) is 3.89. The van der Waals surface area contributed by atoms with Crippen LogP contribution in [0.15, 0.2) is 24.3 Å². The zero-order chi connectivity index (χ0) is 11.3. The number of nitrogens with two attached hydrogens (primary N) is 1. The molecule has 1 atom stereocenters. The van der Waals surface area contributed by atoms with Crippen LogP contribution in [0.1, 0.15) is 32.3 Å². The first-order valence-corrected chi connectivity index (χ1v) is 5.33. The molecular weight excluding hydrogens is 188 g/mol. The number of benzene rings is 1. The van der Waals surface area contributed by atoms with Crippen molar-refractivity contribution in [1.82, 2.24) is 5.43 Å². The molecule has 1 aromatic carbocycles. The van der Waals surface area contributed by atoms with Crippen LogP contribution in [0.5, 0.6) is 5.75 Å². The molecule has 1 rings (SSSR count). The monoisotopic (exact) mass is 208 g/mol. The maximum atomic E-state index is 5.70. The topological polar surface area (TPSA) is 47.3 Å². The van der Waals surface area contributed by atoms with Crippen molar-refractivity contribution >= 4 is 0 Å². The van der Waals surface area contributed by atoms with Gasteiger partial charge in [-0.25, -0.2) is 0 Å². The Bertz CT molecular complexity index is 299. The number of nitrogens with one attached hydrogen (secondary N) is 1. The molecule has 0 heterocycles. The summed E-state index contributed by atoms with van der Waals surface area (Å²) in [7, 11) is 0. The number of hydrazine groups is 1. The van der Waals surface area contributed by atoms with E-state index >= 15 is 0 Å². The third-order valence-corrected chi connectivity index (χ3v) is 2.27. The van der Waals surface area contributed by atoms with E-state index in [0.717, 1.165) is 5.75 Å². The molecule has 0 saturated carbocycles. The molecule has 0 spiro atoms. The fourth-order valence-corrected chi connectivity index (χ4v) is 1.39. The normalized spacial score (nSPS) is 12.9. The number of hydrogen-bond donors (Lipinski definition) is 2. The SMILES string of the molecule is CC(CNN)Oc1cccc(C(C)C)c1. The summed E-state index contributed by atoms with van der Waals surface area (Å²) < 4.78 is 5.70. The quantitative estimate of drug-likeness (QED) is 0.575. The van der Waals surface area contributed by atoms with Crippen molar-refractivity contribution < 1.29 is 4.74 Å². The molecule has 0 saturated heterocycles. The van der Waals surface area contributed by atoms with Gasteiger partial charge in [-0.3, -0.25) is 11.3 Å². The Hall–Kier alpha value is -1.06. The molecule has 0 radical (unpaired) electrons. The summed E-state index contributed by atoms with van der Waals surface area (Å²) >= 11 is 0. The van der Waals surface area contributed by atoms with Crippen LogP contribution in [-0.2, 0) is 0 Å². The zero-order valence-corrected chi connectivity index (χ0v) is 9.66. The number of ether oxygens (including phenoxy) is 1. The lowest BCUT2D eigenvalue weighted by molar-refractivity contribution is 0.217. The Morgan fingerprint density at radius 2 is 2.07 bits per heavy atom. The predicted octanol–water partition coefficient (Wildman–Crippen LogP) is 2.04. The van der Waals surface area contributed by atoms with Gasteiger partial charge in [0.1, 0.15) is 11.9 Å². The van der Waals surface area contributed by atoms with E-state index in [4.69, 9.17) is 10.6 Å². The van der Waals surface area contributed by atoms with E-state index in [9.17, 15) is 0 Å². The largest absolute Gasteiger partial charge is 0.489 e. The molecule has 0 amide bonds. The average molecular weight is 208 g/mol. The summed E-state index contributed by atoms with van der Waals surface area (Å²) in [6.45, 7) is 6.97. The van der Waals surface area contributed by atoms with Crippen molar-refractivity contribution in [3.8, 4) is 5.75 Å². The molecule has 15 heavy (non-hydrogen) atoms. The Balaban J connectivity index is 2.65. The van der Waals surface area contributed by atoms with E-state index in [1.165, 1.54) is 5.56 Å². The maximum absolute atomic E-state index is 5.70. The molecule has 0 aliphatic heterocycles. The van der Waals surface area contributed by atoms with Gasteiger partial charge >= 0.3 is 0 Å². The molecule has 3 N–H and O–H groups in total. The summed E-state index contributed by atoms with van der Waals surface area (Å²) in [6, 6.07) is 8.19. The van der Waals surface area contributed by atoms with Crippen molar-refractivity contribution in [2.75, 3.05) is 6.54 Å². The van der Waals surface area contributed by atoms with Gasteiger partial charge in [-0.05, 0) is 30.5 Å². The van der Waals surface area contributed by atoms with Crippen molar-refractivity contribution in [1.29, 1.82) is 0 Å². The molecule has 0 aromatic heterocycles. The molecule has 0 bridgehead atoms. The fourth-order valence-electron chi connectivity index (χ4n) is 1.39. The maximum Gasteiger partial charge on any atom is 0.120 e. The Morgan fingerprint density at radius 1 is 1.33 bits per heavy atom. The van der Waals surface area contributed by atoms with Crippen LogP contribution in [0.3, 0.4) is 0 Å². The van der Waals surface area contributed by atoms with Gasteiger partial charge in [-0.15, -0.1) is 0 Å². The predicted molar refractivity (Wildman–Crippen MR) is 62.8 cm³/mol. The lowest BCUT2D eigenvalue weighted by Gasteiger charge is -2.15. The first kappa shape index (κ1) is 12.0. The van der Waals surface area contributed by atoms with Gasteiger partial charge in [0, 0.05) is 6.54 Å². The minimum Gasteiger partial charge on any atom is -0.489 e. The van der Waals surface area contributed by atoms with Crippen LogP contribution >= 0.6 is 0 Å². The van der Waals surface area contributed by atoms with Gasteiger partial charge in [0.15, 0.2) is 0 Å². The Morgan fingerprint density at radius 3 is 2.67 bits per heavy atom. The summed E-state index contributed by atoms with van der Waals surface area (Å²) in [5, 5.41) is 0. The van der Waals surface area contributed by atoms with Crippen LogP contribution in [0, 0.1) is 0 Å². The molecule has 0 aliphatic rings. The first-order valence-electron chi connectivity index (χ1n) is 5.33. The van der Waals surface area contributed by atoms with Gasteiger partial charge in [-0.2, -0.15) is 0 Å². The highest BCUT2D eigenvalue weighted by atomic mass is 16.5. The van der Waals surface area contributed by atoms with Gasteiger partial charge in [0.05, 0.1) is 0 Å². The summed E-state index contributed by atoms with van der Waals surface area (Å²) in [6.07, 6.45) is 0.0809. The van der Waals surface area contributed by atoms with Crippen LogP contribution < -0.4 is 16.0 Å².